The van der Waals surface area contributed by atoms with Gasteiger partial charge >= 0.3 is 0 Å². The van der Waals surface area contributed by atoms with Gasteiger partial charge in [-0.05, 0) is 19.1 Å². The lowest BCUT2D eigenvalue weighted by molar-refractivity contribution is -0.115. The summed E-state index contributed by atoms with van der Waals surface area (Å²) in [7, 11) is 0. The number of hydrogen-bond acceptors (Lipinski definition) is 5. The van der Waals surface area contributed by atoms with Gasteiger partial charge in [-0.1, -0.05) is 18.2 Å². The number of aryl methyl sites for hydroxylation is 1. The molecule has 0 saturated carbocycles. The Morgan fingerprint density at radius 2 is 2.14 bits per heavy atom. The first-order valence-electron chi connectivity index (χ1n) is 6.48. The van der Waals surface area contributed by atoms with Crippen LogP contribution in [0.2, 0.25) is 0 Å². The van der Waals surface area contributed by atoms with Crippen molar-refractivity contribution in [2.75, 3.05) is 11.1 Å². The van der Waals surface area contributed by atoms with Crippen LogP contribution in [0.1, 0.15) is 11.4 Å². The molecule has 0 bridgehead atoms. The van der Waals surface area contributed by atoms with E-state index < -0.39 is 0 Å². The molecule has 0 radical (unpaired) electrons. The van der Waals surface area contributed by atoms with E-state index in [0.717, 1.165) is 16.6 Å². The molecule has 1 aromatic carbocycles. The van der Waals surface area contributed by atoms with Crippen LogP contribution in [0.25, 0.3) is 10.9 Å². The van der Waals surface area contributed by atoms with Gasteiger partial charge in [-0.3, -0.25) is 9.78 Å². The second-order valence-corrected chi connectivity index (χ2v) is 5.60. The van der Waals surface area contributed by atoms with Gasteiger partial charge in [0.15, 0.2) is 5.13 Å². The second-order valence-electron chi connectivity index (χ2n) is 4.74. The Morgan fingerprint density at radius 1 is 1.29 bits per heavy atom. The number of rotatable bonds is 3. The van der Waals surface area contributed by atoms with Gasteiger partial charge in [0.2, 0.25) is 5.91 Å². The summed E-state index contributed by atoms with van der Waals surface area (Å²) in [6, 6.07) is 9.40. The van der Waals surface area contributed by atoms with Crippen LogP contribution in [-0.4, -0.2) is 15.9 Å². The number of hydrogen-bond donors (Lipinski definition) is 2. The summed E-state index contributed by atoms with van der Waals surface area (Å²) in [5.74, 6) is -0.134. The molecule has 0 saturated heterocycles. The van der Waals surface area contributed by atoms with Crippen molar-refractivity contribution in [3.63, 3.8) is 0 Å². The SMILES string of the molecule is Cc1csc(NC(=O)Cc2ccc3cccc(N)c3n2)n1. The molecule has 5 nitrogen and oxygen atoms in total. The Balaban J connectivity index is 1.78. The third kappa shape index (κ3) is 3.00. The lowest BCUT2D eigenvalue weighted by atomic mass is 10.1. The normalized spacial score (nSPS) is 10.7. The third-order valence-electron chi connectivity index (χ3n) is 3.02. The average molecular weight is 298 g/mol. The van der Waals surface area contributed by atoms with Crippen LogP contribution in [0.4, 0.5) is 10.8 Å². The molecule has 2 heterocycles. The number of benzene rings is 1. The zero-order valence-electron chi connectivity index (χ0n) is 11.5. The molecule has 0 spiro atoms. The summed E-state index contributed by atoms with van der Waals surface area (Å²) in [5, 5.41) is 6.24. The number of nitrogens with one attached hydrogen (secondary N) is 1. The maximum absolute atomic E-state index is 12.0. The quantitative estimate of drug-likeness (QED) is 0.729. The number of nitrogen functional groups attached to an aromatic ring is 1. The number of amides is 1. The zero-order chi connectivity index (χ0) is 14.8. The first-order valence-corrected chi connectivity index (χ1v) is 7.36. The predicted octanol–water partition coefficient (Wildman–Crippen LogP) is 2.76. The molecule has 0 unspecified atom stereocenters. The predicted molar refractivity (Wildman–Crippen MR) is 85.3 cm³/mol. The number of aromatic nitrogens is 2. The summed E-state index contributed by atoms with van der Waals surface area (Å²) >= 11 is 1.41. The van der Waals surface area contributed by atoms with Gasteiger partial charge in [0.05, 0.1) is 29.0 Å². The first-order chi connectivity index (χ1) is 10.1. The van der Waals surface area contributed by atoms with Gasteiger partial charge in [-0.2, -0.15) is 0 Å². The van der Waals surface area contributed by atoms with Crippen LogP contribution in [0, 0.1) is 6.92 Å². The van der Waals surface area contributed by atoms with Gasteiger partial charge < -0.3 is 11.1 Å². The average Bonchev–Trinajstić information content (AvgIpc) is 2.85. The number of carbonyl (C=O) groups is 1. The Bertz CT molecular complexity index is 812. The van der Waals surface area contributed by atoms with Crippen molar-refractivity contribution in [2.24, 2.45) is 0 Å². The topological polar surface area (TPSA) is 80.9 Å². The molecule has 0 atom stereocenters. The van der Waals surface area contributed by atoms with Gasteiger partial charge in [-0.15, -0.1) is 11.3 Å². The minimum Gasteiger partial charge on any atom is -0.397 e. The van der Waals surface area contributed by atoms with Crippen molar-refractivity contribution in [1.29, 1.82) is 0 Å². The number of nitrogens with zero attached hydrogens (tertiary/aromatic N) is 2. The van der Waals surface area contributed by atoms with Crippen molar-refractivity contribution in [1.82, 2.24) is 9.97 Å². The summed E-state index contributed by atoms with van der Waals surface area (Å²) in [6.45, 7) is 1.89. The van der Waals surface area contributed by atoms with Crippen molar-refractivity contribution in [2.45, 2.75) is 13.3 Å². The van der Waals surface area contributed by atoms with E-state index in [9.17, 15) is 4.79 Å². The molecule has 0 fully saturated rings. The van der Waals surface area contributed by atoms with E-state index in [1.165, 1.54) is 11.3 Å². The van der Waals surface area contributed by atoms with Crippen LogP contribution in [0.5, 0.6) is 0 Å². The fourth-order valence-electron chi connectivity index (χ4n) is 2.05. The van der Waals surface area contributed by atoms with Crippen LogP contribution in [0.15, 0.2) is 35.7 Å². The largest absolute Gasteiger partial charge is 0.397 e. The molecule has 1 amide bonds. The Labute approximate surface area is 125 Å². The van der Waals surface area contributed by atoms with Crippen molar-refractivity contribution in [3.05, 3.63) is 47.1 Å². The lowest BCUT2D eigenvalue weighted by Gasteiger charge is -2.05. The van der Waals surface area contributed by atoms with Crippen LogP contribution < -0.4 is 11.1 Å². The number of carbonyl (C=O) groups excluding carboxylic acids is 1. The van der Waals surface area contributed by atoms with Gasteiger partial charge in [0, 0.05) is 10.8 Å². The molecule has 2 aromatic heterocycles. The van der Waals surface area contributed by atoms with E-state index in [2.05, 4.69) is 15.3 Å². The monoisotopic (exact) mass is 298 g/mol. The standard InChI is InChI=1S/C15H14N4OS/c1-9-8-21-15(17-9)19-13(20)7-11-6-5-10-3-2-4-12(16)14(10)18-11/h2-6,8H,7,16H2,1H3,(H,17,19,20). The molecule has 0 aliphatic rings. The molecule has 3 N–H and O–H groups in total. The molecular weight excluding hydrogens is 284 g/mol. The van der Waals surface area contributed by atoms with E-state index in [1.807, 2.05) is 36.6 Å². The van der Waals surface area contributed by atoms with Crippen LogP contribution >= 0.6 is 11.3 Å². The fourth-order valence-corrected chi connectivity index (χ4v) is 2.75. The maximum atomic E-state index is 12.0. The highest BCUT2D eigenvalue weighted by atomic mass is 32.1. The Morgan fingerprint density at radius 3 is 2.90 bits per heavy atom. The minimum absolute atomic E-state index is 0.134. The zero-order valence-corrected chi connectivity index (χ0v) is 12.3. The molecule has 3 rings (SSSR count). The van der Waals surface area contributed by atoms with Crippen molar-refractivity contribution in [3.8, 4) is 0 Å². The molecule has 3 aromatic rings. The number of anilines is 2. The van der Waals surface area contributed by atoms with Crippen molar-refractivity contribution >= 4 is 39.0 Å². The molecule has 6 heteroatoms. The maximum Gasteiger partial charge on any atom is 0.232 e. The second kappa shape index (κ2) is 5.49. The summed E-state index contributed by atoms with van der Waals surface area (Å²) < 4.78 is 0. The number of thiazole rings is 1. The van der Waals surface area contributed by atoms with E-state index >= 15 is 0 Å². The molecule has 0 aliphatic carbocycles. The van der Waals surface area contributed by atoms with Crippen LogP contribution in [0.3, 0.4) is 0 Å². The number of para-hydroxylation sites is 1. The summed E-state index contributed by atoms with van der Waals surface area (Å²) in [6.07, 6.45) is 0.197. The molecule has 106 valence electrons. The molecule has 21 heavy (non-hydrogen) atoms. The van der Waals surface area contributed by atoms with Gasteiger partial charge in [-0.25, -0.2) is 4.98 Å². The van der Waals surface area contributed by atoms with E-state index in [4.69, 9.17) is 5.73 Å². The van der Waals surface area contributed by atoms with Gasteiger partial charge in [0.1, 0.15) is 0 Å². The Kier molecular flexibility index (Phi) is 3.53. The van der Waals surface area contributed by atoms with Gasteiger partial charge in [0.25, 0.3) is 0 Å². The first kappa shape index (κ1) is 13.5. The smallest absolute Gasteiger partial charge is 0.232 e. The lowest BCUT2D eigenvalue weighted by Crippen LogP contribution is -2.15. The number of fused-ring (bicyclic) bond motifs is 1. The highest BCUT2D eigenvalue weighted by Crippen LogP contribution is 2.19. The molecular formula is C15H14N4OS. The van der Waals surface area contributed by atoms with E-state index in [1.54, 1.807) is 6.07 Å². The minimum atomic E-state index is -0.134. The van der Waals surface area contributed by atoms with Crippen LogP contribution in [-0.2, 0) is 11.2 Å². The highest BCUT2D eigenvalue weighted by Gasteiger charge is 2.09. The number of pyridine rings is 1. The van der Waals surface area contributed by atoms with E-state index in [-0.39, 0.29) is 12.3 Å². The summed E-state index contributed by atoms with van der Waals surface area (Å²) in [4.78, 5) is 20.7. The van der Waals surface area contributed by atoms with Crippen molar-refractivity contribution < 1.29 is 4.79 Å². The third-order valence-corrected chi connectivity index (χ3v) is 3.89. The summed E-state index contributed by atoms with van der Waals surface area (Å²) in [5.41, 5.74) is 8.84. The Hall–Kier alpha value is -2.47. The molecule has 0 aliphatic heterocycles. The fraction of sp³-hybridized carbons (Fsp3) is 0.133. The highest BCUT2D eigenvalue weighted by molar-refractivity contribution is 7.13. The number of nitrogens with two attached hydrogens (primary N) is 1. The van der Waals surface area contributed by atoms with E-state index in [0.29, 0.717) is 16.5 Å².